The number of rotatable bonds is 5. The van der Waals surface area contributed by atoms with Crippen molar-refractivity contribution >= 4 is 5.91 Å². The van der Waals surface area contributed by atoms with E-state index in [-0.39, 0.29) is 5.91 Å². The maximum Gasteiger partial charge on any atom is 0.272 e. The second kappa shape index (κ2) is 6.69. The zero-order valence-corrected chi connectivity index (χ0v) is 11.1. The molecule has 0 saturated heterocycles. The average Bonchev–Trinajstić information content (AvgIpc) is 2.48. The second-order valence-electron chi connectivity index (χ2n) is 4.43. The van der Waals surface area contributed by atoms with E-state index in [4.69, 9.17) is 0 Å². The molecule has 0 atom stereocenters. The van der Waals surface area contributed by atoms with Crippen LogP contribution in [0.2, 0.25) is 0 Å². The Bertz CT molecular complexity index is 511. The molecule has 0 aliphatic heterocycles. The van der Waals surface area contributed by atoms with Crippen LogP contribution in [0.25, 0.3) is 0 Å². The highest BCUT2D eigenvalue weighted by Crippen LogP contribution is 2.09. The highest BCUT2D eigenvalue weighted by Gasteiger charge is 2.15. The van der Waals surface area contributed by atoms with Crippen molar-refractivity contribution in [2.45, 2.75) is 19.9 Å². The van der Waals surface area contributed by atoms with Crippen molar-refractivity contribution in [1.82, 2.24) is 9.88 Å². The van der Waals surface area contributed by atoms with Crippen molar-refractivity contribution in [1.29, 1.82) is 0 Å². The summed E-state index contributed by atoms with van der Waals surface area (Å²) < 4.78 is 0. The fourth-order valence-electron chi connectivity index (χ4n) is 1.98. The first-order valence-electron chi connectivity index (χ1n) is 6.55. The van der Waals surface area contributed by atoms with Gasteiger partial charge in [-0.2, -0.15) is 0 Å². The molecule has 0 spiro atoms. The van der Waals surface area contributed by atoms with E-state index >= 15 is 0 Å². The van der Waals surface area contributed by atoms with Crippen LogP contribution in [0.3, 0.4) is 0 Å². The Balaban J connectivity index is 2.14. The molecule has 1 amide bonds. The molecule has 1 aromatic carbocycles. The number of amides is 1. The van der Waals surface area contributed by atoms with Crippen molar-refractivity contribution in [3.63, 3.8) is 0 Å². The number of nitrogens with zero attached hydrogens (tertiary/aromatic N) is 2. The lowest BCUT2D eigenvalue weighted by molar-refractivity contribution is 0.0737. The number of hydrogen-bond acceptors (Lipinski definition) is 2. The maximum absolute atomic E-state index is 12.4. The molecule has 0 unspecified atom stereocenters. The minimum Gasteiger partial charge on any atom is -0.333 e. The van der Waals surface area contributed by atoms with E-state index in [2.05, 4.69) is 11.9 Å². The lowest BCUT2D eigenvalue weighted by atomic mass is 10.2. The Hall–Kier alpha value is -2.16. The van der Waals surface area contributed by atoms with Gasteiger partial charge in [0.1, 0.15) is 5.69 Å². The van der Waals surface area contributed by atoms with Crippen LogP contribution in [0.1, 0.15) is 29.4 Å². The topological polar surface area (TPSA) is 33.2 Å². The monoisotopic (exact) mass is 254 g/mol. The van der Waals surface area contributed by atoms with E-state index in [1.54, 1.807) is 12.3 Å². The van der Waals surface area contributed by atoms with Crippen LogP contribution >= 0.6 is 0 Å². The van der Waals surface area contributed by atoms with Gasteiger partial charge in [0.05, 0.1) is 0 Å². The summed E-state index contributed by atoms with van der Waals surface area (Å²) in [5, 5.41) is 0. The predicted molar refractivity (Wildman–Crippen MR) is 75.7 cm³/mol. The number of benzene rings is 1. The number of carbonyl (C=O) groups excluding carboxylic acids is 1. The van der Waals surface area contributed by atoms with Gasteiger partial charge in [-0.3, -0.25) is 9.78 Å². The van der Waals surface area contributed by atoms with Gasteiger partial charge in [-0.15, -0.1) is 0 Å². The Morgan fingerprint density at radius 2 is 1.84 bits per heavy atom. The van der Waals surface area contributed by atoms with Crippen LogP contribution in [0.4, 0.5) is 0 Å². The summed E-state index contributed by atoms with van der Waals surface area (Å²) in [5.41, 5.74) is 1.65. The Labute approximate surface area is 113 Å². The van der Waals surface area contributed by atoms with Gasteiger partial charge in [0.15, 0.2) is 0 Å². The second-order valence-corrected chi connectivity index (χ2v) is 4.43. The normalized spacial score (nSPS) is 10.2. The largest absolute Gasteiger partial charge is 0.333 e. The van der Waals surface area contributed by atoms with Gasteiger partial charge < -0.3 is 4.90 Å². The standard InChI is InChI=1S/C16H18N2O/c1-2-12-18(13-14-8-4-3-5-9-14)16(19)15-10-6-7-11-17-15/h3-11H,2,12-13H2,1H3. The molecular weight excluding hydrogens is 236 g/mol. The van der Waals surface area contributed by atoms with E-state index in [0.717, 1.165) is 18.5 Å². The number of pyridine rings is 1. The summed E-state index contributed by atoms with van der Waals surface area (Å²) in [6.07, 6.45) is 2.59. The molecule has 3 heteroatoms. The quantitative estimate of drug-likeness (QED) is 0.821. The molecule has 1 heterocycles. The van der Waals surface area contributed by atoms with Crippen molar-refractivity contribution in [3.05, 3.63) is 66.0 Å². The summed E-state index contributed by atoms with van der Waals surface area (Å²) in [5.74, 6) is -0.00805. The van der Waals surface area contributed by atoms with Crippen LogP contribution in [0.5, 0.6) is 0 Å². The summed E-state index contributed by atoms with van der Waals surface area (Å²) in [6.45, 7) is 3.44. The maximum atomic E-state index is 12.4. The first kappa shape index (κ1) is 13.3. The SMILES string of the molecule is CCCN(Cc1ccccc1)C(=O)c1ccccn1. The first-order valence-corrected chi connectivity index (χ1v) is 6.55. The van der Waals surface area contributed by atoms with Gasteiger partial charge >= 0.3 is 0 Å². The molecule has 0 N–H and O–H groups in total. The lowest BCUT2D eigenvalue weighted by Crippen LogP contribution is -2.31. The van der Waals surface area contributed by atoms with Crippen molar-refractivity contribution in [2.75, 3.05) is 6.54 Å². The van der Waals surface area contributed by atoms with Gasteiger partial charge in [0, 0.05) is 19.3 Å². The van der Waals surface area contributed by atoms with Gasteiger partial charge in [0.25, 0.3) is 5.91 Å². The number of carbonyl (C=O) groups is 1. The van der Waals surface area contributed by atoms with Gasteiger partial charge in [-0.05, 0) is 24.1 Å². The van der Waals surface area contributed by atoms with E-state index in [1.807, 2.05) is 47.4 Å². The molecule has 0 aliphatic carbocycles. The molecule has 3 nitrogen and oxygen atoms in total. The molecule has 0 radical (unpaired) electrons. The molecule has 0 saturated carbocycles. The molecule has 0 fully saturated rings. The molecule has 0 bridgehead atoms. The summed E-state index contributed by atoms with van der Waals surface area (Å²) in [4.78, 5) is 18.4. The van der Waals surface area contributed by atoms with Crippen molar-refractivity contribution in [3.8, 4) is 0 Å². The van der Waals surface area contributed by atoms with Crippen LogP contribution in [0.15, 0.2) is 54.7 Å². The minimum atomic E-state index is -0.00805. The Kier molecular flexibility index (Phi) is 4.67. The van der Waals surface area contributed by atoms with Crippen molar-refractivity contribution < 1.29 is 4.79 Å². The third-order valence-corrected chi connectivity index (χ3v) is 2.88. The summed E-state index contributed by atoms with van der Waals surface area (Å²) in [6, 6.07) is 15.5. The highest BCUT2D eigenvalue weighted by atomic mass is 16.2. The van der Waals surface area contributed by atoms with Crippen molar-refractivity contribution in [2.24, 2.45) is 0 Å². The van der Waals surface area contributed by atoms with E-state index < -0.39 is 0 Å². The molecule has 98 valence electrons. The van der Waals surface area contributed by atoms with Crippen LogP contribution in [0, 0.1) is 0 Å². The van der Waals surface area contributed by atoms with E-state index in [1.165, 1.54) is 0 Å². The number of hydrogen-bond donors (Lipinski definition) is 0. The number of aromatic nitrogens is 1. The predicted octanol–water partition coefficient (Wildman–Crippen LogP) is 3.13. The fraction of sp³-hybridized carbons (Fsp3) is 0.250. The van der Waals surface area contributed by atoms with Gasteiger partial charge in [0.2, 0.25) is 0 Å². The molecule has 19 heavy (non-hydrogen) atoms. The molecule has 2 rings (SSSR count). The van der Waals surface area contributed by atoms with E-state index in [0.29, 0.717) is 12.2 Å². The van der Waals surface area contributed by atoms with Crippen LogP contribution < -0.4 is 0 Å². The zero-order chi connectivity index (χ0) is 13.5. The zero-order valence-electron chi connectivity index (χ0n) is 11.1. The molecule has 1 aromatic heterocycles. The van der Waals surface area contributed by atoms with Gasteiger partial charge in [-0.25, -0.2) is 0 Å². The minimum absolute atomic E-state index is 0.00805. The van der Waals surface area contributed by atoms with Crippen LogP contribution in [-0.4, -0.2) is 22.3 Å². The third kappa shape index (κ3) is 3.65. The summed E-state index contributed by atoms with van der Waals surface area (Å²) >= 11 is 0. The smallest absolute Gasteiger partial charge is 0.272 e. The molecule has 2 aromatic rings. The van der Waals surface area contributed by atoms with E-state index in [9.17, 15) is 4.79 Å². The fourth-order valence-corrected chi connectivity index (χ4v) is 1.98. The van der Waals surface area contributed by atoms with Gasteiger partial charge in [-0.1, -0.05) is 43.3 Å². The molecule has 0 aliphatic rings. The summed E-state index contributed by atoms with van der Waals surface area (Å²) in [7, 11) is 0. The third-order valence-electron chi connectivity index (χ3n) is 2.88. The first-order chi connectivity index (χ1) is 9.31. The molecular formula is C16H18N2O. The van der Waals surface area contributed by atoms with Crippen LogP contribution in [-0.2, 0) is 6.54 Å². The Morgan fingerprint density at radius 3 is 2.47 bits per heavy atom. The Morgan fingerprint density at radius 1 is 1.11 bits per heavy atom. The highest BCUT2D eigenvalue weighted by molar-refractivity contribution is 5.92. The average molecular weight is 254 g/mol. The lowest BCUT2D eigenvalue weighted by Gasteiger charge is -2.21.